The van der Waals surface area contributed by atoms with Crippen molar-refractivity contribution in [2.24, 2.45) is 5.10 Å². The van der Waals surface area contributed by atoms with Gasteiger partial charge < -0.3 is 4.90 Å². The van der Waals surface area contributed by atoms with Crippen LogP contribution in [0.25, 0.3) is 11.4 Å². The summed E-state index contributed by atoms with van der Waals surface area (Å²) >= 11 is 5.36. The van der Waals surface area contributed by atoms with E-state index < -0.39 is 0 Å². The molecule has 0 radical (unpaired) electrons. The molecule has 0 saturated heterocycles. The lowest BCUT2D eigenvalue weighted by Gasteiger charge is -2.22. The van der Waals surface area contributed by atoms with Gasteiger partial charge in [0.05, 0.1) is 18.7 Å². The van der Waals surface area contributed by atoms with Gasteiger partial charge in [-0.05, 0) is 56.2 Å². The van der Waals surface area contributed by atoms with Crippen molar-refractivity contribution < 1.29 is 0 Å². The third-order valence-electron chi connectivity index (χ3n) is 4.77. The van der Waals surface area contributed by atoms with Gasteiger partial charge in [0.2, 0.25) is 4.77 Å². The van der Waals surface area contributed by atoms with Gasteiger partial charge in [0, 0.05) is 24.3 Å². The number of aromatic amines is 1. The number of rotatable bonds is 7. The van der Waals surface area contributed by atoms with Crippen molar-refractivity contribution in [3.63, 3.8) is 0 Å². The lowest BCUT2D eigenvalue weighted by Crippen LogP contribution is -2.23. The second-order valence-electron chi connectivity index (χ2n) is 6.80. The summed E-state index contributed by atoms with van der Waals surface area (Å²) < 4.78 is 2.08. The summed E-state index contributed by atoms with van der Waals surface area (Å²) in [6.07, 6.45) is 2.31. The van der Waals surface area contributed by atoms with Crippen LogP contribution in [0.1, 0.15) is 30.0 Å². The molecule has 0 atom stereocenters. The van der Waals surface area contributed by atoms with Gasteiger partial charge in [0.25, 0.3) is 0 Å². The van der Waals surface area contributed by atoms with Gasteiger partial charge in [0.15, 0.2) is 5.82 Å². The number of H-pyrrole nitrogens is 1. The van der Waals surface area contributed by atoms with Crippen LogP contribution in [0.5, 0.6) is 0 Å². The Labute approximate surface area is 176 Å². The normalized spacial score (nSPS) is 11.0. The second-order valence-corrected chi connectivity index (χ2v) is 7.19. The quantitative estimate of drug-likeness (QED) is 0.451. The van der Waals surface area contributed by atoms with Crippen molar-refractivity contribution in [3.05, 3.63) is 63.9 Å². The highest BCUT2D eigenvalue weighted by atomic mass is 32.1. The Kier molecular flexibility index (Phi) is 6.57. The van der Waals surface area contributed by atoms with Gasteiger partial charge in [-0.2, -0.15) is 20.1 Å². The number of aromatic nitrogens is 3. The summed E-state index contributed by atoms with van der Waals surface area (Å²) in [5.41, 5.74) is 5.35. The van der Waals surface area contributed by atoms with E-state index in [-0.39, 0.29) is 0 Å². The van der Waals surface area contributed by atoms with E-state index in [1.807, 2.05) is 37.3 Å². The third-order valence-corrected chi connectivity index (χ3v) is 5.03. The molecular weight excluding hydrogens is 380 g/mol. The molecule has 3 rings (SSSR count). The zero-order chi connectivity index (χ0) is 20.8. The lowest BCUT2D eigenvalue weighted by molar-refractivity contribution is 0.826. The summed E-state index contributed by atoms with van der Waals surface area (Å²) in [6.45, 7) is 7.78. The Morgan fingerprint density at radius 2 is 2.00 bits per heavy atom. The Balaban J connectivity index is 1.87. The minimum absolute atomic E-state index is 0.444. The van der Waals surface area contributed by atoms with Crippen molar-refractivity contribution in [1.82, 2.24) is 14.9 Å². The number of aryl methyl sites for hydroxylation is 2. The van der Waals surface area contributed by atoms with Crippen molar-refractivity contribution in [1.29, 1.82) is 5.26 Å². The van der Waals surface area contributed by atoms with E-state index in [0.717, 1.165) is 35.5 Å². The first-order valence-electron chi connectivity index (χ1n) is 9.55. The van der Waals surface area contributed by atoms with Crippen LogP contribution in [-0.4, -0.2) is 34.2 Å². The molecule has 1 heterocycles. The summed E-state index contributed by atoms with van der Waals surface area (Å²) in [5.74, 6) is 0.675. The number of hydrogen-bond donors (Lipinski definition) is 1. The van der Waals surface area contributed by atoms with Gasteiger partial charge in [-0.1, -0.05) is 35.9 Å². The van der Waals surface area contributed by atoms with Crippen LogP contribution in [0.2, 0.25) is 0 Å². The zero-order valence-corrected chi connectivity index (χ0v) is 17.7. The fraction of sp³-hybridized carbons (Fsp3) is 0.273. The lowest BCUT2D eigenvalue weighted by atomic mass is 10.1. The number of nitriles is 1. The molecule has 1 N–H and O–H groups in total. The van der Waals surface area contributed by atoms with Crippen LogP contribution >= 0.6 is 12.2 Å². The van der Waals surface area contributed by atoms with Crippen molar-refractivity contribution in [2.45, 2.75) is 27.2 Å². The molecule has 0 spiro atoms. The summed E-state index contributed by atoms with van der Waals surface area (Å²) in [6, 6.07) is 16.5. The van der Waals surface area contributed by atoms with E-state index in [0.29, 0.717) is 17.0 Å². The zero-order valence-electron chi connectivity index (χ0n) is 16.9. The van der Waals surface area contributed by atoms with Gasteiger partial charge >= 0.3 is 0 Å². The summed E-state index contributed by atoms with van der Waals surface area (Å²) in [4.78, 5) is 2.19. The molecule has 0 aliphatic heterocycles. The summed E-state index contributed by atoms with van der Waals surface area (Å²) in [5, 5.41) is 20.6. The largest absolute Gasteiger partial charge is 0.371 e. The molecule has 148 valence electrons. The molecule has 3 aromatic rings. The first kappa shape index (κ1) is 20.5. The van der Waals surface area contributed by atoms with Crippen LogP contribution in [-0.2, 0) is 0 Å². The number of nitrogens with zero attached hydrogens (tertiary/aromatic N) is 5. The van der Waals surface area contributed by atoms with Crippen LogP contribution in [0, 0.1) is 29.9 Å². The Morgan fingerprint density at radius 3 is 2.66 bits per heavy atom. The SMILES string of the molecule is CCN(CCC#N)c1ccc(/C=N\n2c(-c3ccc(C)cc3)n[nH]c2=S)c(C)c1. The fourth-order valence-electron chi connectivity index (χ4n) is 3.06. The highest BCUT2D eigenvalue weighted by Gasteiger charge is 2.09. The monoisotopic (exact) mass is 404 g/mol. The predicted molar refractivity (Wildman–Crippen MR) is 120 cm³/mol. The molecule has 7 heteroatoms. The Bertz CT molecular complexity index is 1100. The van der Waals surface area contributed by atoms with Crippen molar-refractivity contribution >= 4 is 24.1 Å². The molecule has 2 aromatic carbocycles. The number of benzene rings is 2. The van der Waals surface area contributed by atoms with E-state index in [1.165, 1.54) is 5.56 Å². The molecule has 0 unspecified atom stereocenters. The van der Waals surface area contributed by atoms with E-state index in [9.17, 15) is 0 Å². The van der Waals surface area contributed by atoms with E-state index >= 15 is 0 Å². The average molecular weight is 405 g/mol. The van der Waals surface area contributed by atoms with Gasteiger partial charge in [-0.25, -0.2) is 5.10 Å². The van der Waals surface area contributed by atoms with E-state index in [1.54, 1.807) is 10.9 Å². The number of hydrogen-bond acceptors (Lipinski definition) is 5. The van der Waals surface area contributed by atoms with Crippen LogP contribution in [0.3, 0.4) is 0 Å². The molecule has 0 saturated carbocycles. The maximum absolute atomic E-state index is 8.84. The highest BCUT2D eigenvalue weighted by molar-refractivity contribution is 7.71. The second kappa shape index (κ2) is 9.30. The Hall–Kier alpha value is -3.24. The maximum Gasteiger partial charge on any atom is 0.216 e. The average Bonchev–Trinajstić information content (AvgIpc) is 3.09. The van der Waals surface area contributed by atoms with E-state index in [2.05, 4.69) is 52.2 Å². The first-order valence-corrected chi connectivity index (χ1v) is 9.95. The maximum atomic E-state index is 8.84. The summed E-state index contributed by atoms with van der Waals surface area (Å²) in [7, 11) is 0. The number of nitrogens with one attached hydrogen (secondary N) is 1. The smallest absolute Gasteiger partial charge is 0.216 e. The minimum atomic E-state index is 0.444. The molecular formula is C22H24N6S. The topological polar surface area (TPSA) is 73.0 Å². The molecule has 6 nitrogen and oxygen atoms in total. The molecule has 0 bridgehead atoms. The fourth-order valence-corrected chi connectivity index (χ4v) is 3.24. The molecule has 29 heavy (non-hydrogen) atoms. The third kappa shape index (κ3) is 4.79. The molecule has 0 amide bonds. The van der Waals surface area contributed by atoms with Crippen LogP contribution < -0.4 is 4.90 Å². The van der Waals surface area contributed by atoms with Crippen molar-refractivity contribution in [3.8, 4) is 17.5 Å². The number of anilines is 1. The van der Waals surface area contributed by atoms with Crippen LogP contribution in [0.4, 0.5) is 5.69 Å². The first-order chi connectivity index (χ1) is 14.0. The van der Waals surface area contributed by atoms with Gasteiger partial charge in [0.1, 0.15) is 0 Å². The minimum Gasteiger partial charge on any atom is -0.371 e. The molecule has 1 aromatic heterocycles. The van der Waals surface area contributed by atoms with Gasteiger partial charge in [-0.3, -0.25) is 0 Å². The molecule has 0 fully saturated rings. The highest BCUT2D eigenvalue weighted by Crippen LogP contribution is 2.20. The van der Waals surface area contributed by atoms with Crippen LogP contribution in [0.15, 0.2) is 47.6 Å². The predicted octanol–water partition coefficient (Wildman–Crippen LogP) is 4.85. The van der Waals surface area contributed by atoms with E-state index in [4.69, 9.17) is 17.5 Å². The van der Waals surface area contributed by atoms with Gasteiger partial charge in [-0.15, -0.1) is 0 Å². The van der Waals surface area contributed by atoms with Crippen molar-refractivity contribution in [2.75, 3.05) is 18.0 Å². The molecule has 0 aliphatic rings. The molecule has 0 aliphatic carbocycles. The standard InChI is InChI=1S/C22H24N6S/c1-4-27(13-5-12-23)20-11-10-19(17(3)14-20)15-24-28-21(25-26-22(28)29)18-8-6-16(2)7-9-18/h6-11,14-15H,4-5,13H2,1-3H3,(H,26,29)/b24-15-. The Morgan fingerprint density at radius 1 is 1.24 bits per heavy atom.